The van der Waals surface area contributed by atoms with Crippen LogP contribution >= 0.6 is 24.8 Å². The van der Waals surface area contributed by atoms with Crippen LogP contribution in [0.1, 0.15) is 31.7 Å². The molecule has 1 fully saturated rings. The molecule has 19 heavy (non-hydrogen) atoms. The predicted octanol–water partition coefficient (Wildman–Crippen LogP) is 1.42. The van der Waals surface area contributed by atoms with Crippen LogP contribution in [0.3, 0.4) is 0 Å². The second-order valence-electron chi connectivity index (χ2n) is 4.17. The standard InChI is InChI=1S/C11H20N4O2.2ClH/c1-3-16-9(2)11-13-10(17-14-11)8-15-6-4-12-5-7-15;;/h9,12H,3-8H2,1-2H3;2*1H. The van der Waals surface area contributed by atoms with E-state index in [-0.39, 0.29) is 30.9 Å². The highest BCUT2D eigenvalue weighted by atomic mass is 35.5. The molecule has 1 N–H and O–H groups in total. The van der Waals surface area contributed by atoms with Crippen LogP contribution in [0.4, 0.5) is 0 Å². The summed E-state index contributed by atoms with van der Waals surface area (Å²) in [6, 6.07) is 0. The molecule has 1 aliphatic rings. The topological polar surface area (TPSA) is 63.4 Å². The lowest BCUT2D eigenvalue weighted by molar-refractivity contribution is 0.0683. The molecule has 1 aromatic heterocycles. The van der Waals surface area contributed by atoms with Gasteiger partial charge in [-0.1, -0.05) is 5.16 Å². The fourth-order valence-corrected chi connectivity index (χ4v) is 1.88. The maximum atomic E-state index is 5.42. The summed E-state index contributed by atoms with van der Waals surface area (Å²) in [6.45, 7) is 9.38. The lowest BCUT2D eigenvalue weighted by Gasteiger charge is -2.25. The van der Waals surface area contributed by atoms with Crippen molar-refractivity contribution >= 4 is 24.8 Å². The number of piperazine rings is 1. The van der Waals surface area contributed by atoms with Gasteiger partial charge in [-0.25, -0.2) is 0 Å². The van der Waals surface area contributed by atoms with Crippen LogP contribution in [-0.4, -0.2) is 47.8 Å². The second kappa shape index (κ2) is 9.50. The average molecular weight is 313 g/mol. The minimum atomic E-state index is -0.0967. The summed E-state index contributed by atoms with van der Waals surface area (Å²) in [5.74, 6) is 1.31. The first-order valence-electron chi connectivity index (χ1n) is 6.16. The van der Waals surface area contributed by atoms with Crippen molar-refractivity contribution in [1.29, 1.82) is 0 Å². The molecule has 0 spiro atoms. The molecular formula is C11H22Cl2N4O2. The minimum Gasteiger partial charge on any atom is -0.371 e. The first-order chi connectivity index (χ1) is 8.29. The van der Waals surface area contributed by atoms with Gasteiger partial charge >= 0.3 is 0 Å². The van der Waals surface area contributed by atoms with E-state index in [4.69, 9.17) is 9.26 Å². The maximum absolute atomic E-state index is 5.42. The van der Waals surface area contributed by atoms with Crippen molar-refractivity contribution in [1.82, 2.24) is 20.4 Å². The summed E-state index contributed by atoms with van der Waals surface area (Å²) >= 11 is 0. The van der Waals surface area contributed by atoms with E-state index in [0.29, 0.717) is 18.3 Å². The van der Waals surface area contributed by atoms with Gasteiger partial charge in [0.15, 0.2) is 5.82 Å². The van der Waals surface area contributed by atoms with E-state index in [1.807, 2.05) is 13.8 Å². The molecule has 0 aromatic carbocycles. The van der Waals surface area contributed by atoms with Crippen LogP contribution in [0, 0.1) is 0 Å². The number of aromatic nitrogens is 2. The van der Waals surface area contributed by atoms with Crippen LogP contribution in [0.15, 0.2) is 4.52 Å². The zero-order valence-corrected chi connectivity index (χ0v) is 12.9. The van der Waals surface area contributed by atoms with E-state index in [9.17, 15) is 0 Å². The summed E-state index contributed by atoms with van der Waals surface area (Å²) < 4.78 is 10.7. The fourth-order valence-electron chi connectivity index (χ4n) is 1.88. The number of hydrogen-bond donors (Lipinski definition) is 1. The molecule has 0 radical (unpaired) electrons. The Labute approximate surface area is 126 Å². The monoisotopic (exact) mass is 312 g/mol. The van der Waals surface area contributed by atoms with Crippen molar-refractivity contribution in [2.75, 3.05) is 32.8 Å². The molecule has 0 amide bonds. The zero-order valence-electron chi connectivity index (χ0n) is 11.3. The van der Waals surface area contributed by atoms with Crippen LogP contribution in [0.2, 0.25) is 0 Å². The quantitative estimate of drug-likeness (QED) is 0.887. The Hall–Kier alpha value is -0.400. The SMILES string of the molecule is CCOC(C)c1noc(CN2CCNCC2)n1.Cl.Cl. The van der Waals surface area contributed by atoms with Gasteiger partial charge in [0, 0.05) is 32.8 Å². The van der Waals surface area contributed by atoms with Gasteiger partial charge in [0.2, 0.25) is 5.89 Å². The molecule has 112 valence electrons. The van der Waals surface area contributed by atoms with Crippen LogP contribution in [0.5, 0.6) is 0 Å². The van der Waals surface area contributed by atoms with E-state index in [1.54, 1.807) is 0 Å². The van der Waals surface area contributed by atoms with Gasteiger partial charge < -0.3 is 14.6 Å². The van der Waals surface area contributed by atoms with Crippen molar-refractivity contribution in [3.05, 3.63) is 11.7 Å². The van der Waals surface area contributed by atoms with Gasteiger partial charge in [0.05, 0.1) is 6.54 Å². The summed E-state index contributed by atoms with van der Waals surface area (Å²) in [5, 5.41) is 7.26. The molecule has 8 heteroatoms. The Morgan fingerprint density at radius 2 is 2.05 bits per heavy atom. The molecule has 1 aliphatic heterocycles. The highest BCUT2D eigenvalue weighted by molar-refractivity contribution is 5.85. The van der Waals surface area contributed by atoms with Gasteiger partial charge in [-0.05, 0) is 13.8 Å². The van der Waals surface area contributed by atoms with Crippen LogP contribution < -0.4 is 5.32 Å². The first kappa shape index (κ1) is 18.6. The number of hydrogen-bond acceptors (Lipinski definition) is 6. The van der Waals surface area contributed by atoms with E-state index >= 15 is 0 Å². The molecule has 0 aliphatic carbocycles. The van der Waals surface area contributed by atoms with Gasteiger partial charge in [0.1, 0.15) is 6.10 Å². The molecule has 6 nitrogen and oxygen atoms in total. The Kier molecular flexibility index (Phi) is 9.30. The van der Waals surface area contributed by atoms with E-state index in [2.05, 4.69) is 20.4 Å². The van der Waals surface area contributed by atoms with E-state index < -0.39 is 0 Å². The minimum absolute atomic E-state index is 0. The first-order valence-corrected chi connectivity index (χ1v) is 6.16. The Bertz CT molecular complexity index is 345. The molecule has 2 rings (SSSR count). The van der Waals surface area contributed by atoms with Crippen molar-refractivity contribution in [3.63, 3.8) is 0 Å². The average Bonchev–Trinajstić information content (AvgIpc) is 2.79. The molecule has 1 saturated heterocycles. The normalized spacial score (nSPS) is 17.4. The van der Waals surface area contributed by atoms with Gasteiger partial charge in [-0.2, -0.15) is 4.98 Å². The molecular weight excluding hydrogens is 291 g/mol. The lowest BCUT2D eigenvalue weighted by atomic mass is 10.3. The van der Waals surface area contributed by atoms with Gasteiger partial charge in [-0.3, -0.25) is 4.90 Å². The third-order valence-corrected chi connectivity index (χ3v) is 2.83. The number of nitrogens with zero attached hydrogens (tertiary/aromatic N) is 3. The number of nitrogens with one attached hydrogen (secondary N) is 1. The summed E-state index contributed by atoms with van der Waals surface area (Å²) in [7, 11) is 0. The third-order valence-electron chi connectivity index (χ3n) is 2.83. The highest BCUT2D eigenvalue weighted by Gasteiger charge is 2.17. The Morgan fingerprint density at radius 1 is 1.37 bits per heavy atom. The molecule has 0 bridgehead atoms. The molecule has 2 heterocycles. The third kappa shape index (κ3) is 5.62. The highest BCUT2D eigenvalue weighted by Crippen LogP contribution is 2.13. The maximum Gasteiger partial charge on any atom is 0.240 e. The number of halogens is 2. The summed E-state index contributed by atoms with van der Waals surface area (Å²) in [4.78, 5) is 6.66. The van der Waals surface area contributed by atoms with Crippen LogP contribution in [-0.2, 0) is 11.3 Å². The van der Waals surface area contributed by atoms with E-state index in [0.717, 1.165) is 32.7 Å². The summed E-state index contributed by atoms with van der Waals surface area (Å²) in [5.41, 5.74) is 0. The van der Waals surface area contributed by atoms with Gasteiger partial charge in [0.25, 0.3) is 0 Å². The Balaban J connectivity index is 0.00000162. The molecule has 1 unspecified atom stereocenters. The Morgan fingerprint density at radius 3 is 2.68 bits per heavy atom. The van der Waals surface area contributed by atoms with Crippen molar-refractivity contribution in [2.45, 2.75) is 26.5 Å². The largest absolute Gasteiger partial charge is 0.371 e. The number of rotatable bonds is 5. The van der Waals surface area contributed by atoms with Crippen molar-refractivity contribution < 1.29 is 9.26 Å². The molecule has 0 saturated carbocycles. The molecule has 1 atom stereocenters. The van der Waals surface area contributed by atoms with E-state index in [1.165, 1.54) is 0 Å². The predicted molar refractivity (Wildman–Crippen MR) is 77.0 cm³/mol. The smallest absolute Gasteiger partial charge is 0.240 e. The fraction of sp³-hybridized carbons (Fsp3) is 0.818. The van der Waals surface area contributed by atoms with Gasteiger partial charge in [-0.15, -0.1) is 24.8 Å². The lowest BCUT2D eigenvalue weighted by Crippen LogP contribution is -2.42. The molecule has 1 aromatic rings. The summed E-state index contributed by atoms with van der Waals surface area (Å²) in [6.07, 6.45) is -0.0967. The second-order valence-corrected chi connectivity index (χ2v) is 4.17. The zero-order chi connectivity index (χ0) is 12.1. The van der Waals surface area contributed by atoms with Crippen molar-refractivity contribution in [2.24, 2.45) is 0 Å². The number of ether oxygens (including phenoxy) is 1. The van der Waals surface area contributed by atoms with Crippen LogP contribution in [0.25, 0.3) is 0 Å². The van der Waals surface area contributed by atoms with Crippen molar-refractivity contribution in [3.8, 4) is 0 Å².